The third-order valence-corrected chi connectivity index (χ3v) is 4.52. The average Bonchev–Trinajstić information content (AvgIpc) is 3.01. The lowest BCUT2D eigenvalue weighted by atomic mass is 9.75. The predicted octanol–water partition coefficient (Wildman–Crippen LogP) is 0.647. The van der Waals surface area contributed by atoms with Gasteiger partial charge in [0, 0.05) is 39.5 Å². The van der Waals surface area contributed by atoms with Crippen molar-refractivity contribution in [2.45, 2.75) is 32.7 Å². The van der Waals surface area contributed by atoms with Crippen molar-refractivity contribution in [3.8, 4) is 0 Å². The molecule has 2 rings (SSSR count). The van der Waals surface area contributed by atoms with Crippen LogP contribution in [0.5, 0.6) is 0 Å². The molecule has 0 unspecified atom stereocenters. The maximum absolute atomic E-state index is 12.5. The van der Waals surface area contributed by atoms with Crippen LogP contribution >= 0.6 is 0 Å². The van der Waals surface area contributed by atoms with Crippen LogP contribution in [0.25, 0.3) is 0 Å². The molecule has 0 radical (unpaired) electrons. The number of nitrogens with zero attached hydrogens (tertiary/aromatic N) is 3. The zero-order chi connectivity index (χ0) is 16.2. The molecule has 1 aromatic heterocycles. The second-order valence-electron chi connectivity index (χ2n) is 5.76. The summed E-state index contributed by atoms with van der Waals surface area (Å²) in [5.74, 6) is -0.333. The minimum absolute atomic E-state index is 0.0375. The summed E-state index contributed by atoms with van der Waals surface area (Å²) >= 11 is 0. The number of aryl methyl sites for hydroxylation is 1. The summed E-state index contributed by atoms with van der Waals surface area (Å²) in [5.41, 5.74) is 5.62. The quantitative estimate of drug-likeness (QED) is 0.835. The molecule has 1 fully saturated rings. The smallest absolute Gasteiger partial charge is 0.257 e. The molecule has 1 aromatic rings. The molecule has 0 spiro atoms. The lowest BCUT2D eigenvalue weighted by Crippen LogP contribution is -2.49. The van der Waals surface area contributed by atoms with Gasteiger partial charge in [0.1, 0.15) is 0 Å². The lowest BCUT2D eigenvalue weighted by Gasteiger charge is -2.39. The number of carbonyl (C=O) groups is 2. The molecular weight excluding hydrogens is 284 g/mol. The number of hydrogen-bond acceptors (Lipinski definition) is 4. The van der Waals surface area contributed by atoms with Crippen LogP contribution in [0.1, 0.15) is 36.5 Å². The summed E-state index contributed by atoms with van der Waals surface area (Å²) in [7, 11) is 1.61. The Bertz CT molecular complexity index is 533. The topological polar surface area (TPSA) is 90.5 Å². The van der Waals surface area contributed by atoms with E-state index in [-0.39, 0.29) is 11.8 Å². The van der Waals surface area contributed by atoms with E-state index in [4.69, 9.17) is 10.5 Å². The van der Waals surface area contributed by atoms with E-state index in [9.17, 15) is 9.59 Å². The fraction of sp³-hybridized carbons (Fsp3) is 0.667. The molecule has 0 aliphatic carbocycles. The Labute approximate surface area is 130 Å². The highest BCUT2D eigenvalue weighted by Crippen LogP contribution is 2.35. The summed E-state index contributed by atoms with van der Waals surface area (Å²) in [4.78, 5) is 26.0. The Kier molecular flexibility index (Phi) is 5.18. The van der Waals surface area contributed by atoms with Crippen molar-refractivity contribution in [1.82, 2.24) is 14.7 Å². The number of piperidine rings is 1. The first kappa shape index (κ1) is 16.5. The molecule has 1 aliphatic heterocycles. The SMILES string of the molecule is CCn1cc(C(=O)N2CCC(CCOC)(C(N)=O)CC2)cn1. The molecule has 7 nitrogen and oxygen atoms in total. The highest BCUT2D eigenvalue weighted by atomic mass is 16.5. The number of likely N-dealkylation sites (tertiary alicyclic amines) is 1. The Balaban J connectivity index is 2.00. The van der Waals surface area contributed by atoms with Crippen LogP contribution in [0, 0.1) is 5.41 Å². The van der Waals surface area contributed by atoms with Gasteiger partial charge in [0.25, 0.3) is 5.91 Å². The van der Waals surface area contributed by atoms with Gasteiger partial charge in [0.05, 0.1) is 17.2 Å². The van der Waals surface area contributed by atoms with Crippen LogP contribution < -0.4 is 5.73 Å². The van der Waals surface area contributed by atoms with E-state index in [1.807, 2.05) is 6.92 Å². The number of hydrogen-bond donors (Lipinski definition) is 1. The van der Waals surface area contributed by atoms with E-state index in [0.29, 0.717) is 44.5 Å². The van der Waals surface area contributed by atoms with E-state index in [1.165, 1.54) is 0 Å². The molecule has 0 saturated carbocycles. The van der Waals surface area contributed by atoms with E-state index in [1.54, 1.807) is 29.1 Å². The lowest BCUT2D eigenvalue weighted by molar-refractivity contribution is -0.131. The summed E-state index contributed by atoms with van der Waals surface area (Å²) in [6.45, 7) is 4.26. The van der Waals surface area contributed by atoms with Crippen LogP contribution in [0.3, 0.4) is 0 Å². The summed E-state index contributed by atoms with van der Waals surface area (Å²) < 4.78 is 6.80. The zero-order valence-corrected chi connectivity index (χ0v) is 13.2. The average molecular weight is 308 g/mol. The second kappa shape index (κ2) is 6.91. The van der Waals surface area contributed by atoms with Crippen molar-refractivity contribution in [1.29, 1.82) is 0 Å². The minimum atomic E-state index is -0.555. The van der Waals surface area contributed by atoms with Crippen LogP contribution in [0.4, 0.5) is 0 Å². The highest BCUT2D eigenvalue weighted by molar-refractivity contribution is 5.94. The molecule has 2 heterocycles. The Hall–Kier alpha value is -1.89. The maximum atomic E-state index is 12.5. The first-order valence-corrected chi connectivity index (χ1v) is 7.63. The largest absolute Gasteiger partial charge is 0.385 e. The molecule has 1 saturated heterocycles. The van der Waals surface area contributed by atoms with Crippen molar-refractivity contribution in [3.05, 3.63) is 18.0 Å². The first-order chi connectivity index (χ1) is 10.5. The first-order valence-electron chi connectivity index (χ1n) is 7.63. The highest BCUT2D eigenvalue weighted by Gasteiger charge is 2.40. The standard InChI is InChI=1S/C15H24N4O3/c1-3-19-11-12(10-17-19)13(20)18-7-4-15(5-8-18,14(16)21)6-9-22-2/h10-11H,3-9H2,1-2H3,(H2,16,21). The molecule has 2 amide bonds. The van der Waals surface area contributed by atoms with E-state index in [0.717, 1.165) is 6.54 Å². The molecule has 22 heavy (non-hydrogen) atoms. The molecule has 0 bridgehead atoms. The molecule has 2 N–H and O–H groups in total. The van der Waals surface area contributed by atoms with E-state index < -0.39 is 5.41 Å². The molecule has 0 aromatic carbocycles. The molecular formula is C15H24N4O3. The number of rotatable bonds is 6. The van der Waals surface area contributed by atoms with Gasteiger partial charge in [0.15, 0.2) is 0 Å². The van der Waals surface area contributed by atoms with Gasteiger partial charge in [-0.2, -0.15) is 5.10 Å². The van der Waals surface area contributed by atoms with Gasteiger partial charge < -0.3 is 15.4 Å². The Morgan fingerprint density at radius 1 is 1.41 bits per heavy atom. The van der Waals surface area contributed by atoms with Crippen LogP contribution in [0.2, 0.25) is 0 Å². The van der Waals surface area contributed by atoms with E-state index in [2.05, 4.69) is 5.10 Å². The second-order valence-corrected chi connectivity index (χ2v) is 5.76. The van der Waals surface area contributed by atoms with Crippen molar-refractivity contribution in [2.24, 2.45) is 11.1 Å². The normalized spacial score (nSPS) is 17.5. The van der Waals surface area contributed by atoms with Crippen LogP contribution in [0.15, 0.2) is 12.4 Å². The molecule has 122 valence electrons. The Morgan fingerprint density at radius 2 is 2.09 bits per heavy atom. The monoisotopic (exact) mass is 308 g/mol. The van der Waals surface area contributed by atoms with Crippen molar-refractivity contribution >= 4 is 11.8 Å². The number of carbonyl (C=O) groups excluding carboxylic acids is 2. The van der Waals surface area contributed by atoms with Gasteiger partial charge >= 0.3 is 0 Å². The zero-order valence-electron chi connectivity index (χ0n) is 13.2. The Morgan fingerprint density at radius 3 is 2.59 bits per heavy atom. The van der Waals surface area contributed by atoms with Gasteiger partial charge in [-0.1, -0.05) is 0 Å². The number of primary amides is 1. The number of amides is 2. The van der Waals surface area contributed by atoms with Gasteiger partial charge in [-0.25, -0.2) is 0 Å². The third kappa shape index (κ3) is 3.30. The van der Waals surface area contributed by atoms with Crippen LogP contribution in [-0.2, 0) is 16.1 Å². The van der Waals surface area contributed by atoms with Gasteiger partial charge in [-0.3, -0.25) is 14.3 Å². The fourth-order valence-electron chi connectivity index (χ4n) is 2.88. The van der Waals surface area contributed by atoms with Crippen molar-refractivity contribution in [3.63, 3.8) is 0 Å². The predicted molar refractivity (Wildman–Crippen MR) is 81.2 cm³/mol. The number of methoxy groups -OCH3 is 1. The third-order valence-electron chi connectivity index (χ3n) is 4.52. The molecule has 1 aliphatic rings. The maximum Gasteiger partial charge on any atom is 0.257 e. The molecule has 7 heteroatoms. The van der Waals surface area contributed by atoms with Gasteiger partial charge in [0.2, 0.25) is 5.91 Å². The number of ether oxygens (including phenoxy) is 1. The van der Waals surface area contributed by atoms with E-state index >= 15 is 0 Å². The summed E-state index contributed by atoms with van der Waals surface area (Å²) in [6, 6.07) is 0. The summed E-state index contributed by atoms with van der Waals surface area (Å²) in [5, 5.41) is 4.13. The fourth-order valence-corrected chi connectivity index (χ4v) is 2.88. The van der Waals surface area contributed by atoms with Crippen molar-refractivity contribution < 1.29 is 14.3 Å². The van der Waals surface area contributed by atoms with Gasteiger partial charge in [-0.15, -0.1) is 0 Å². The minimum Gasteiger partial charge on any atom is -0.385 e. The van der Waals surface area contributed by atoms with Crippen molar-refractivity contribution in [2.75, 3.05) is 26.8 Å². The molecule has 0 atom stereocenters. The van der Waals surface area contributed by atoms with Gasteiger partial charge in [-0.05, 0) is 26.2 Å². The summed E-state index contributed by atoms with van der Waals surface area (Å²) in [6.07, 6.45) is 5.11. The number of nitrogens with two attached hydrogens (primary N) is 1. The van der Waals surface area contributed by atoms with Crippen LogP contribution in [-0.4, -0.2) is 53.3 Å². The number of aromatic nitrogens is 2.